The number of hydrogen-bond acceptors (Lipinski definition) is 3. The molecule has 2 aliphatic rings. The van der Waals surface area contributed by atoms with Crippen LogP contribution in [0.25, 0.3) is 0 Å². The van der Waals surface area contributed by atoms with E-state index < -0.39 is 5.82 Å². The number of piperazine rings is 1. The average molecular weight is 368 g/mol. The number of hydrogen-bond donors (Lipinski definition) is 0. The molecule has 6 heteroatoms. The topological polar surface area (TPSA) is 26.8 Å². The van der Waals surface area contributed by atoms with Gasteiger partial charge in [0, 0.05) is 38.3 Å². The van der Waals surface area contributed by atoms with Crippen LogP contribution < -0.4 is 4.90 Å². The van der Waals surface area contributed by atoms with Crippen molar-refractivity contribution in [2.75, 3.05) is 50.7 Å². The lowest BCUT2D eigenvalue weighted by Gasteiger charge is -2.37. The van der Waals surface area contributed by atoms with Gasteiger partial charge >= 0.3 is 0 Å². The van der Waals surface area contributed by atoms with Gasteiger partial charge in [0.15, 0.2) is 0 Å². The zero-order chi connectivity index (χ0) is 17.8. The molecule has 0 bridgehead atoms. The Balaban J connectivity index is 1.47. The van der Waals surface area contributed by atoms with Gasteiger partial charge in [-0.3, -0.25) is 4.79 Å². The van der Waals surface area contributed by atoms with Crippen LogP contribution in [0.3, 0.4) is 0 Å². The van der Waals surface area contributed by atoms with Gasteiger partial charge in [-0.1, -0.05) is 18.5 Å². The number of piperidine rings is 1. The predicted octanol–water partition coefficient (Wildman–Crippen LogP) is 3.25. The minimum atomic E-state index is -0.395. The van der Waals surface area contributed by atoms with E-state index in [0.29, 0.717) is 12.3 Å². The minimum Gasteiger partial charge on any atom is -0.368 e. The molecule has 0 N–H and O–H groups in total. The van der Waals surface area contributed by atoms with Crippen molar-refractivity contribution >= 4 is 23.2 Å². The van der Waals surface area contributed by atoms with Crippen molar-refractivity contribution in [1.82, 2.24) is 9.80 Å². The Morgan fingerprint density at radius 2 is 1.84 bits per heavy atom. The first-order valence-corrected chi connectivity index (χ1v) is 9.64. The summed E-state index contributed by atoms with van der Waals surface area (Å²) in [5.41, 5.74) is 0.922. The van der Waals surface area contributed by atoms with Crippen LogP contribution in [0.2, 0.25) is 5.02 Å². The molecule has 2 fully saturated rings. The number of amides is 1. The summed E-state index contributed by atoms with van der Waals surface area (Å²) in [4.78, 5) is 19.2. The summed E-state index contributed by atoms with van der Waals surface area (Å²) in [6.07, 6.45) is 2.95. The highest BCUT2D eigenvalue weighted by atomic mass is 35.5. The maximum Gasteiger partial charge on any atom is 0.222 e. The van der Waals surface area contributed by atoms with E-state index in [1.807, 2.05) is 4.90 Å². The Morgan fingerprint density at radius 1 is 1.16 bits per heavy atom. The molecule has 2 aliphatic heterocycles. The molecule has 25 heavy (non-hydrogen) atoms. The molecular formula is C19H27ClFN3O. The summed E-state index contributed by atoms with van der Waals surface area (Å²) in [5, 5.41) is 0.148. The standard InChI is InChI=1S/C19H27ClFN3O/c1-2-22-7-5-15(6-8-22)13-19(25)24-11-9-23(10-12-24)16-3-4-18(21)17(20)14-16/h3-4,14-15H,2,5-13H2,1H3. The van der Waals surface area contributed by atoms with E-state index in [1.165, 1.54) is 6.07 Å². The zero-order valence-corrected chi connectivity index (χ0v) is 15.6. The van der Waals surface area contributed by atoms with Crippen LogP contribution in [0.15, 0.2) is 18.2 Å². The molecule has 2 saturated heterocycles. The monoisotopic (exact) mass is 367 g/mol. The second kappa shape index (κ2) is 8.37. The highest BCUT2D eigenvalue weighted by Crippen LogP contribution is 2.25. The van der Waals surface area contributed by atoms with Crippen LogP contribution in [-0.4, -0.2) is 61.5 Å². The van der Waals surface area contributed by atoms with Crippen LogP contribution >= 0.6 is 11.6 Å². The predicted molar refractivity (Wildman–Crippen MR) is 99.7 cm³/mol. The normalized spacial score (nSPS) is 20.1. The summed E-state index contributed by atoms with van der Waals surface area (Å²) >= 11 is 5.87. The highest BCUT2D eigenvalue weighted by molar-refractivity contribution is 6.31. The fourth-order valence-electron chi connectivity index (χ4n) is 3.78. The number of carbonyl (C=O) groups excluding carboxylic acids is 1. The van der Waals surface area contributed by atoms with Crippen molar-refractivity contribution in [1.29, 1.82) is 0 Å². The molecule has 0 aromatic heterocycles. The van der Waals surface area contributed by atoms with Crippen LogP contribution in [0.5, 0.6) is 0 Å². The van der Waals surface area contributed by atoms with Gasteiger partial charge in [-0.2, -0.15) is 0 Å². The summed E-state index contributed by atoms with van der Waals surface area (Å²) < 4.78 is 13.3. The maximum absolute atomic E-state index is 13.3. The number of likely N-dealkylation sites (tertiary alicyclic amines) is 1. The second-order valence-electron chi connectivity index (χ2n) is 7.05. The van der Waals surface area contributed by atoms with Gasteiger partial charge in [0.25, 0.3) is 0 Å². The molecule has 0 atom stereocenters. The number of benzene rings is 1. The smallest absolute Gasteiger partial charge is 0.222 e. The first kappa shape index (κ1) is 18.5. The largest absolute Gasteiger partial charge is 0.368 e. The zero-order valence-electron chi connectivity index (χ0n) is 14.9. The number of carbonyl (C=O) groups is 1. The Morgan fingerprint density at radius 3 is 2.44 bits per heavy atom. The van der Waals surface area contributed by atoms with Gasteiger partial charge in [0.2, 0.25) is 5.91 Å². The molecule has 1 aromatic rings. The lowest BCUT2D eigenvalue weighted by atomic mass is 9.93. The Labute approximate surface area is 154 Å². The van der Waals surface area contributed by atoms with E-state index in [1.54, 1.807) is 12.1 Å². The molecule has 0 spiro atoms. The Bertz CT molecular complexity index is 596. The van der Waals surface area contributed by atoms with Crippen molar-refractivity contribution in [2.24, 2.45) is 5.92 Å². The van der Waals surface area contributed by atoms with Gasteiger partial charge in [0.1, 0.15) is 5.82 Å². The van der Waals surface area contributed by atoms with Crippen LogP contribution in [0.1, 0.15) is 26.2 Å². The van der Waals surface area contributed by atoms with Gasteiger partial charge in [-0.15, -0.1) is 0 Å². The fourth-order valence-corrected chi connectivity index (χ4v) is 3.95. The summed E-state index contributed by atoms with van der Waals surface area (Å²) in [6, 6.07) is 4.81. The van der Waals surface area contributed by atoms with E-state index in [4.69, 9.17) is 11.6 Å². The molecule has 1 amide bonds. The first-order valence-electron chi connectivity index (χ1n) is 9.27. The van der Waals surface area contributed by atoms with Crippen molar-refractivity contribution in [3.63, 3.8) is 0 Å². The molecular weight excluding hydrogens is 341 g/mol. The summed E-state index contributed by atoms with van der Waals surface area (Å²) in [7, 11) is 0. The minimum absolute atomic E-state index is 0.148. The van der Waals surface area contributed by atoms with E-state index >= 15 is 0 Å². The van der Waals surface area contributed by atoms with Gasteiger partial charge in [-0.05, 0) is 56.6 Å². The fraction of sp³-hybridized carbons (Fsp3) is 0.632. The lowest BCUT2D eigenvalue weighted by Crippen LogP contribution is -2.49. The second-order valence-corrected chi connectivity index (χ2v) is 7.46. The van der Waals surface area contributed by atoms with Crippen molar-refractivity contribution in [3.05, 3.63) is 29.0 Å². The lowest BCUT2D eigenvalue weighted by molar-refractivity contribution is -0.132. The number of anilines is 1. The van der Waals surface area contributed by atoms with Crippen molar-refractivity contribution in [3.8, 4) is 0 Å². The van der Waals surface area contributed by atoms with Crippen LogP contribution in [0.4, 0.5) is 10.1 Å². The van der Waals surface area contributed by atoms with Gasteiger partial charge < -0.3 is 14.7 Å². The number of nitrogens with zero attached hydrogens (tertiary/aromatic N) is 3. The molecule has 0 radical (unpaired) electrons. The van der Waals surface area contributed by atoms with E-state index in [-0.39, 0.29) is 10.9 Å². The van der Waals surface area contributed by atoms with Crippen molar-refractivity contribution < 1.29 is 9.18 Å². The quantitative estimate of drug-likeness (QED) is 0.817. The number of halogens is 2. The molecule has 1 aromatic carbocycles. The third-order valence-electron chi connectivity index (χ3n) is 5.52. The Hall–Kier alpha value is -1.33. The van der Waals surface area contributed by atoms with Crippen molar-refractivity contribution in [2.45, 2.75) is 26.2 Å². The molecule has 2 heterocycles. The van der Waals surface area contributed by atoms with E-state index in [2.05, 4.69) is 16.7 Å². The summed E-state index contributed by atoms with van der Waals surface area (Å²) in [6.45, 7) is 8.52. The summed E-state index contributed by atoms with van der Waals surface area (Å²) in [5.74, 6) is 0.421. The van der Waals surface area contributed by atoms with E-state index in [0.717, 1.165) is 64.3 Å². The average Bonchev–Trinajstić information content (AvgIpc) is 2.65. The maximum atomic E-state index is 13.3. The molecule has 0 aliphatic carbocycles. The molecule has 138 valence electrons. The Kier molecular flexibility index (Phi) is 6.18. The van der Waals surface area contributed by atoms with Gasteiger partial charge in [-0.25, -0.2) is 4.39 Å². The van der Waals surface area contributed by atoms with E-state index in [9.17, 15) is 9.18 Å². The first-order chi connectivity index (χ1) is 12.1. The third kappa shape index (κ3) is 4.64. The number of rotatable bonds is 4. The highest BCUT2D eigenvalue weighted by Gasteiger charge is 2.26. The van der Waals surface area contributed by atoms with Crippen LogP contribution in [-0.2, 0) is 4.79 Å². The third-order valence-corrected chi connectivity index (χ3v) is 5.81. The SMILES string of the molecule is CCN1CCC(CC(=O)N2CCN(c3ccc(F)c(Cl)c3)CC2)CC1. The molecule has 0 saturated carbocycles. The van der Waals surface area contributed by atoms with Crippen LogP contribution in [0, 0.1) is 11.7 Å². The van der Waals surface area contributed by atoms with Gasteiger partial charge in [0.05, 0.1) is 5.02 Å². The molecule has 3 rings (SSSR count). The molecule has 4 nitrogen and oxygen atoms in total. The molecule has 0 unspecified atom stereocenters.